The molecule has 1 aromatic rings. The van der Waals surface area contributed by atoms with Crippen LogP contribution >= 0.6 is 0 Å². The maximum Gasteiger partial charge on any atom is 0.337 e. The van der Waals surface area contributed by atoms with Crippen LogP contribution < -0.4 is 4.74 Å². The minimum Gasteiger partial charge on any atom is -0.504 e. The molecule has 0 saturated carbocycles. The molecule has 0 spiro atoms. The van der Waals surface area contributed by atoms with Crippen LogP contribution in [0.4, 0.5) is 5.69 Å². The molecule has 7 heteroatoms. The van der Waals surface area contributed by atoms with Crippen molar-refractivity contribution in [2.75, 3.05) is 41.0 Å². The molecule has 0 N–H and O–H groups in total. The van der Waals surface area contributed by atoms with Crippen LogP contribution in [0.25, 0.3) is 0 Å². The summed E-state index contributed by atoms with van der Waals surface area (Å²) >= 11 is 0. The summed E-state index contributed by atoms with van der Waals surface area (Å²) < 4.78 is 22.6. The molecule has 2 fully saturated rings. The molecule has 0 aliphatic carbocycles. The van der Waals surface area contributed by atoms with Gasteiger partial charge in [-0.3, -0.25) is 9.89 Å². The third-order valence-corrected chi connectivity index (χ3v) is 7.29. The molecule has 4 rings (SSSR count). The first kappa shape index (κ1) is 22.8. The minimum atomic E-state index is -0.585. The standard InChI is InChI=1S/C25H34N2O5/c1-6-16-14-27-12-11-25(32-7-2)22-19(9-8-10-21(22)30-4)26-23(25)20(27)13-17(16)18(15-29-3)24(28)31-5/h8-10,15-17,20H,6-7,11-14H2,1-5H3/b18-15+/t16-,17+,20+,25+/m1/s1. The molecule has 2 saturated heterocycles. The van der Waals surface area contributed by atoms with Gasteiger partial charge < -0.3 is 18.9 Å². The molecular formula is C25H34N2O5. The normalized spacial score (nSPS) is 29.5. The van der Waals surface area contributed by atoms with Gasteiger partial charge in [0.1, 0.15) is 11.4 Å². The number of fused-ring (bicyclic) bond motifs is 5. The van der Waals surface area contributed by atoms with Gasteiger partial charge in [-0.2, -0.15) is 0 Å². The second-order valence-corrected chi connectivity index (χ2v) is 8.68. The van der Waals surface area contributed by atoms with Crippen molar-refractivity contribution in [3.8, 4) is 5.75 Å². The first-order chi connectivity index (χ1) is 15.5. The first-order valence-electron chi connectivity index (χ1n) is 11.5. The molecule has 32 heavy (non-hydrogen) atoms. The second kappa shape index (κ2) is 9.24. The topological polar surface area (TPSA) is 69.6 Å². The highest BCUT2D eigenvalue weighted by molar-refractivity contribution is 6.05. The Balaban J connectivity index is 1.76. The summed E-state index contributed by atoms with van der Waals surface area (Å²) in [4.78, 5) is 20.3. The van der Waals surface area contributed by atoms with E-state index in [1.54, 1.807) is 20.5 Å². The summed E-state index contributed by atoms with van der Waals surface area (Å²) in [6, 6.07) is 6.07. The monoisotopic (exact) mass is 442 g/mol. The summed E-state index contributed by atoms with van der Waals surface area (Å²) in [5.74, 6) is 0.857. The number of piperidine rings is 2. The molecule has 4 atom stereocenters. The van der Waals surface area contributed by atoms with Gasteiger partial charge in [-0.25, -0.2) is 4.79 Å². The van der Waals surface area contributed by atoms with Gasteiger partial charge >= 0.3 is 5.97 Å². The Bertz CT molecular complexity index is 927. The number of hydrogen-bond acceptors (Lipinski definition) is 7. The van der Waals surface area contributed by atoms with Crippen LogP contribution in [0.1, 0.15) is 38.7 Å². The predicted octanol–water partition coefficient (Wildman–Crippen LogP) is 3.84. The van der Waals surface area contributed by atoms with E-state index in [0.717, 1.165) is 55.1 Å². The third-order valence-electron chi connectivity index (χ3n) is 7.29. The number of nitrogens with zero attached hydrogens (tertiary/aromatic N) is 2. The van der Waals surface area contributed by atoms with E-state index in [0.29, 0.717) is 18.1 Å². The minimum absolute atomic E-state index is 0.0272. The van der Waals surface area contributed by atoms with E-state index in [1.165, 1.54) is 7.11 Å². The van der Waals surface area contributed by atoms with Crippen LogP contribution in [0.5, 0.6) is 5.75 Å². The largest absolute Gasteiger partial charge is 0.504 e. The molecular weight excluding hydrogens is 408 g/mol. The van der Waals surface area contributed by atoms with Crippen molar-refractivity contribution in [3.63, 3.8) is 0 Å². The summed E-state index contributed by atoms with van der Waals surface area (Å²) in [7, 11) is 4.69. The molecule has 0 amide bonds. The smallest absolute Gasteiger partial charge is 0.337 e. The number of carbonyl (C=O) groups is 1. The highest BCUT2D eigenvalue weighted by Crippen LogP contribution is 2.53. The molecule has 7 nitrogen and oxygen atoms in total. The van der Waals surface area contributed by atoms with E-state index in [2.05, 4.69) is 11.8 Å². The van der Waals surface area contributed by atoms with Crippen molar-refractivity contribution in [3.05, 3.63) is 35.6 Å². The lowest BCUT2D eigenvalue weighted by molar-refractivity contribution is -0.137. The third kappa shape index (κ3) is 3.52. The fraction of sp³-hybridized carbons (Fsp3) is 0.600. The Kier molecular flexibility index (Phi) is 6.58. The average molecular weight is 443 g/mol. The zero-order chi connectivity index (χ0) is 22.9. The van der Waals surface area contributed by atoms with E-state index in [-0.39, 0.29) is 17.9 Å². The number of ether oxygens (including phenoxy) is 4. The summed E-state index contributed by atoms with van der Waals surface area (Å²) in [5.41, 5.74) is 3.00. The van der Waals surface area contributed by atoms with Gasteiger partial charge in [-0.05, 0) is 43.7 Å². The second-order valence-electron chi connectivity index (χ2n) is 8.68. The predicted molar refractivity (Wildman–Crippen MR) is 122 cm³/mol. The first-order valence-corrected chi connectivity index (χ1v) is 11.5. The molecule has 3 aliphatic heterocycles. The number of hydrogen-bond donors (Lipinski definition) is 0. The lowest BCUT2D eigenvalue weighted by atomic mass is 9.70. The van der Waals surface area contributed by atoms with Crippen LogP contribution in [0.3, 0.4) is 0 Å². The zero-order valence-electron chi connectivity index (χ0n) is 19.7. The fourth-order valence-corrected chi connectivity index (χ4v) is 5.89. The van der Waals surface area contributed by atoms with Gasteiger partial charge in [0.15, 0.2) is 0 Å². The Labute approximate surface area is 190 Å². The average Bonchev–Trinajstić information content (AvgIpc) is 3.16. The van der Waals surface area contributed by atoms with Crippen molar-refractivity contribution in [1.82, 2.24) is 4.90 Å². The Morgan fingerprint density at radius 1 is 1.28 bits per heavy atom. The van der Waals surface area contributed by atoms with Gasteiger partial charge in [0.25, 0.3) is 0 Å². The maximum absolute atomic E-state index is 12.6. The quantitative estimate of drug-likeness (QED) is 0.363. The molecule has 3 aliphatic rings. The van der Waals surface area contributed by atoms with Crippen molar-refractivity contribution in [2.24, 2.45) is 16.8 Å². The van der Waals surface area contributed by atoms with Crippen LogP contribution in [0.15, 0.2) is 35.0 Å². The fourth-order valence-electron chi connectivity index (χ4n) is 5.89. The number of esters is 1. The van der Waals surface area contributed by atoms with E-state index >= 15 is 0 Å². The Morgan fingerprint density at radius 3 is 2.75 bits per heavy atom. The van der Waals surface area contributed by atoms with E-state index < -0.39 is 5.60 Å². The number of methoxy groups -OCH3 is 3. The highest BCUT2D eigenvalue weighted by Gasteiger charge is 2.55. The SMILES string of the molecule is CCO[C@]12CCN3C[C@@H](CC)[C@@H](/C(=C\OC)C(=O)OC)C[C@H]3C1=Nc1cccc(OC)c12. The number of rotatable bonds is 7. The Hall–Kier alpha value is -2.38. The van der Waals surface area contributed by atoms with Crippen LogP contribution in [-0.4, -0.2) is 63.6 Å². The summed E-state index contributed by atoms with van der Waals surface area (Å²) in [6.07, 6.45) is 4.14. The van der Waals surface area contributed by atoms with Crippen molar-refractivity contribution in [1.29, 1.82) is 0 Å². The number of aliphatic imine (C=N–C) groups is 1. The molecule has 174 valence electrons. The molecule has 0 unspecified atom stereocenters. The van der Waals surface area contributed by atoms with Crippen molar-refractivity contribution >= 4 is 17.4 Å². The zero-order valence-corrected chi connectivity index (χ0v) is 19.7. The molecule has 1 aromatic carbocycles. The van der Waals surface area contributed by atoms with E-state index in [9.17, 15) is 4.79 Å². The molecule has 3 heterocycles. The molecule has 0 bridgehead atoms. The summed E-state index contributed by atoms with van der Waals surface area (Å²) in [5, 5.41) is 0. The van der Waals surface area contributed by atoms with Crippen LogP contribution in [0.2, 0.25) is 0 Å². The van der Waals surface area contributed by atoms with Gasteiger partial charge in [-0.15, -0.1) is 0 Å². The molecule has 0 radical (unpaired) electrons. The van der Waals surface area contributed by atoms with Gasteiger partial charge in [-0.1, -0.05) is 19.4 Å². The maximum atomic E-state index is 12.6. The van der Waals surface area contributed by atoms with Gasteiger partial charge in [0, 0.05) is 19.7 Å². The molecule has 0 aromatic heterocycles. The van der Waals surface area contributed by atoms with E-state index in [1.807, 2.05) is 25.1 Å². The number of carbonyl (C=O) groups excluding carboxylic acids is 1. The number of benzene rings is 1. The van der Waals surface area contributed by atoms with Crippen LogP contribution in [0, 0.1) is 11.8 Å². The van der Waals surface area contributed by atoms with Crippen molar-refractivity contribution < 1.29 is 23.7 Å². The lowest BCUT2D eigenvalue weighted by Crippen LogP contribution is -2.61. The van der Waals surface area contributed by atoms with Crippen molar-refractivity contribution in [2.45, 2.75) is 44.8 Å². The highest BCUT2D eigenvalue weighted by atomic mass is 16.5. The lowest BCUT2D eigenvalue weighted by Gasteiger charge is -2.51. The van der Waals surface area contributed by atoms with Gasteiger partial charge in [0.05, 0.1) is 56.2 Å². The summed E-state index contributed by atoms with van der Waals surface area (Å²) in [6.45, 7) is 6.60. The van der Waals surface area contributed by atoms with E-state index in [4.69, 9.17) is 23.9 Å². The van der Waals surface area contributed by atoms with Crippen LogP contribution in [-0.2, 0) is 24.6 Å². The van der Waals surface area contributed by atoms with Gasteiger partial charge in [0.2, 0.25) is 0 Å². The Morgan fingerprint density at radius 2 is 2.09 bits per heavy atom.